The molecule has 3 rings (SSSR count). The molecular formula is C20H25F3N4O. The number of carbonyl (C=O) groups is 1. The fourth-order valence-electron chi connectivity index (χ4n) is 3.57. The smallest absolute Gasteiger partial charge is 0.338 e. The lowest BCUT2D eigenvalue weighted by molar-refractivity contribution is -0.141. The summed E-state index contributed by atoms with van der Waals surface area (Å²) >= 11 is 0. The van der Waals surface area contributed by atoms with Crippen molar-refractivity contribution in [1.82, 2.24) is 20.0 Å². The summed E-state index contributed by atoms with van der Waals surface area (Å²) < 4.78 is 39.4. The lowest BCUT2D eigenvalue weighted by Crippen LogP contribution is -2.47. The monoisotopic (exact) mass is 394 g/mol. The number of halogens is 3. The highest BCUT2D eigenvalue weighted by atomic mass is 19.4. The summed E-state index contributed by atoms with van der Waals surface area (Å²) in [6.45, 7) is 1.09. The Balaban J connectivity index is 1.55. The maximum absolute atomic E-state index is 12.7. The SMILES string of the molecule is O=C(NCCc1ccccc1)N(CCn1ccc(C(F)(F)F)n1)C1CCCC1. The molecule has 2 amide bonds. The molecule has 5 nitrogen and oxygen atoms in total. The topological polar surface area (TPSA) is 50.2 Å². The number of benzene rings is 1. The summed E-state index contributed by atoms with van der Waals surface area (Å²) in [7, 11) is 0. The highest BCUT2D eigenvalue weighted by molar-refractivity contribution is 5.74. The van der Waals surface area contributed by atoms with Crippen molar-refractivity contribution >= 4 is 6.03 Å². The summed E-state index contributed by atoms with van der Waals surface area (Å²) in [4.78, 5) is 14.5. The number of alkyl halides is 3. The maximum Gasteiger partial charge on any atom is 0.435 e. The minimum atomic E-state index is -4.45. The van der Waals surface area contributed by atoms with Crippen LogP contribution < -0.4 is 5.32 Å². The van der Waals surface area contributed by atoms with Crippen LogP contribution in [0.5, 0.6) is 0 Å². The molecule has 0 aliphatic heterocycles. The third kappa shape index (κ3) is 5.50. The Morgan fingerprint density at radius 3 is 2.54 bits per heavy atom. The summed E-state index contributed by atoms with van der Waals surface area (Å²) in [6.07, 6.45) is 1.59. The first kappa shape index (κ1) is 20.2. The molecule has 1 fully saturated rings. The van der Waals surface area contributed by atoms with Gasteiger partial charge in [-0.1, -0.05) is 43.2 Å². The highest BCUT2D eigenvalue weighted by Crippen LogP contribution is 2.27. The predicted octanol–water partition coefficient (Wildman–Crippen LogP) is 4.10. The van der Waals surface area contributed by atoms with Crippen LogP contribution in [0.1, 0.15) is 36.9 Å². The van der Waals surface area contributed by atoms with E-state index in [1.807, 2.05) is 30.3 Å². The van der Waals surface area contributed by atoms with Crippen molar-refractivity contribution in [3.05, 3.63) is 53.9 Å². The molecular weight excluding hydrogens is 369 g/mol. The Morgan fingerprint density at radius 2 is 1.89 bits per heavy atom. The van der Waals surface area contributed by atoms with Crippen LogP contribution in [0, 0.1) is 0 Å². The third-order valence-corrected chi connectivity index (χ3v) is 5.06. The first-order valence-corrected chi connectivity index (χ1v) is 9.62. The zero-order valence-electron chi connectivity index (χ0n) is 15.7. The van der Waals surface area contributed by atoms with Gasteiger partial charge in [-0.25, -0.2) is 4.79 Å². The Morgan fingerprint density at radius 1 is 1.18 bits per heavy atom. The summed E-state index contributed by atoms with van der Waals surface area (Å²) in [6, 6.07) is 10.8. The second kappa shape index (κ2) is 9.12. The molecule has 1 aliphatic rings. The molecule has 1 aromatic carbocycles. The van der Waals surface area contributed by atoms with E-state index in [0.29, 0.717) is 13.1 Å². The van der Waals surface area contributed by atoms with Crippen LogP contribution in [0.3, 0.4) is 0 Å². The molecule has 152 valence electrons. The van der Waals surface area contributed by atoms with E-state index in [9.17, 15) is 18.0 Å². The molecule has 28 heavy (non-hydrogen) atoms. The average Bonchev–Trinajstić information content (AvgIpc) is 3.34. The number of nitrogens with zero attached hydrogens (tertiary/aromatic N) is 3. The van der Waals surface area contributed by atoms with E-state index >= 15 is 0 Å². The highest BCUT2D eigenvalue weighted by Gasteiger charge is 2.33. The van der Waals surface area contributed by atoms with Crippen molar-refractivity contribution < 1.29 is 18.0 Å². The zero-order chi connectivity index (χ0) is 20.0. The molecule has 1 N–H and O–H groups in total. The van der Waals surface area contributed by atoms with Crippen LogP contribution in [0.25, 0.3) is 0 Å². The number of urea groups is 1. The first-order valence-electron chi connectivity index (χ1n) is 9.62. The van der Waals surface area contributed by atoms with E-state index in [-0.39, 0.29) is 18.6 Å². The lowest BCUT2D eigenvalue weighted by atomic mass is 10.1. The van der Waals surface area contributed by atoms with Crippen LogP contribution >= 0.6 is 0 Å². The van der Waals surface area contributed by atoms with Crippen molar-refractivity contribution in [2.75, 3.05) is 13.1 Å². The van der Waals surface area contributed by atoms with Gasteiger partial charge in [-0.05, 0) is 30.9 Å². The molecule has 1 saturated carbocycles. The van der Waals surface area contributed by atoms with E-state index < -0.39 is 11.9 Å². The molecule has 2 aromatic rings. The Kier molecular flexibility index (Phi) is 6.59. The van der Waals surface area contributed by atoms with E-state index in [1.165, 1.54) is 10.9 Å². The van der Waals surface area contributed by atoms with Gasteiger partial charge in [0.2, 0.25) is 0 Å². The Bertz CT molecular complexity index is 754. The Labute approximate surface area is 162 Å². The second-order valence-electron chi connectivity index (χ2n) is 7.06. The van der Waals surface area contributed by atoms with Crippen molar-refractivity contribution in [1.29, 1.82) is 0 Å². The number of hydrogen-bond acceptors (Lipinski definition) is 2. The predicted molar refractivity (Wildman–Crippen MR) is 99.7 cm³/mol. The molecule has 0 spiro atoms. The van der Waals surface area contributed by atoms with Gasteiger partial charge in [0, 0.05) is 25.3 Å². The van der Waals surface area contributed by atoms with Gasteiger partial charge in [0.25, 0.3) is 0 Å². The van der Waals surface area contributed by atoms with Gasteiger partial charge in [0.15, 0.2) is 5.69 Å². The molecule has 8 heteroatoms. The van der Waals surface area contributed by atoms with Gasteiger partial charge in [-0.2, -0.15) is 18.3 Å². The molecule has 1 aromatic heterocycles. The maximum atomic E-state index is 12.7. The van der Waals surface area contributed by atoms with Crippen LogP contribution in [0.4, 0.5) is 18.0 Å². The van der Waals surface area contributed by atoms with Gasteiger partial charge in [0.1, 0.15) is 0 Å². The molecule has 0 radical (unpaired) electrons. The molecule has 0 unspecified atom stereocenters. The van der Waals surface area contributed by atoms with Gasteiger partial charge in [0.05, 0.1) is 6.54 Å². The van der Waals surface area contributed by atoms with Crippen molar-refractivity contribution in [2.45, 2.75) is 50.9 Å². The standard InChI is InChI=1S/C20H25F3N4O/c21-20(22,23)18-11-13-26(25-18)14-15-27(17-8-4-5-9-17)19(28)24-12-10-16-6-2-1-3-7-16/h1-3,6-7,11,13,17H,4-5,8-10,12,14-15H2,(H,24,28). The third-order valence-electron chi connectivity index (χ3n) is 5.06. The van der Waals surface area contributed by atoms with Crippen LogP contribution in [-0.4, -0.2) is 39.8 Å². The van der Waals surface area contributed by atoms with E-state index in [4.69, 9.17) is 0 Å². The minimum absolute atomic E-state index is 0.134. The van der Waals surface area contributed by atoms with Crippen LogP contribution in [-0.2, 0) is 19.1 Å². The Hall–Kier alpha value is -2.51. The number of aromatic nitrogens is 2. The lowest BCUT2D eigenvalue weighted by Gasteiger charge is -2.29. The van der Waals surface area contributed by atoms with Gasteiger partial charge >= 0.3 is 12.2 Å². The number of hydrogen-bond donors (Lipinski definition) is 1. The average molecular weight is 394 g/mol. The second-order valence-corrected chi connectivity index (χ2v) is 7.06. The van der Waals surface area contributed by atoms with E-state index in [1.54, 1.807) is 4.90 Å². The van der Waals surface area contributed by atoms with Gasteiger partial charge < -0.3 is 10.2 Å². The van der Waals surface area contributed by atoms with Gasteiger partial charge in [-0.3, -0.25) is 4.68 Å². The molecule has 0 bridgehead atoms. The first-order chi connectivity index (χ1) is 13.4. The van der Waals surface area contributed by atoms with Gasteiger partial charge in [-0.15, -0.1) is 0 Å². The largest absolute Gasteiger partial charge is 0.435 e. The fraction of sp³-hybridized carbons (Fsp3) is 0.500. The fourth-order valence-corrected chi connectivity index (χ4v) is 3.57. The summed E-state index contributed by atoms with van der Waals surface area (Å²) in [5.41, 5.74) is 0.235. The van der Waals surface area contributed by atoms with Crippen molar-refractivity contribution in [3.8, 4) is 0 Å². The normalized spacial score (nSPS) is 15.0. The van der Waals surface area contributed by atoms with E-state index in [2.05, 4.69) is 10.4 Å². The number of nitrogens with one attached hydrogen (secondary N) is 1. The van der Waals surface area contributed by atoms with Crippen LogP contribution in [0.15, 0.2) is 42.6 Å². The summed E-state index contributed by atoms with van der Waals surface area (Å²) in [5.74, 6) is 0. The van der Waals surface area contributed by atoms with E-state index in [0.717, 1.165) is 43.7 Å². The van der Waals surface area contributed by atoms with Crippen LogP contribution in [0.2, 0.25) is 0 Å². The zero-order valence-corrected chi connectivity index (χ0v) is 15.7. The van der Waals surface area contributed by atoms with Crippen molar-refractivity contribution in [3.63, 3.8) is 0 Å². The number of rotatable bonds is 7. The molecule has 1 aliphatic carbocycles. The quantitative estimate of drug-likeness (QED) is 0.769. The molecule has 0 atom stereocenters. The minimum Gasteiger partial charge on any atom is -0.338 e. The number of carbonyl (C=O) groups excluding carboxylic acids is 1. The molecule has 1 heterocycles. The van der Waals surface area contributed by atoms with Crippen molar-refractivity contribution in [2.24, 2.45) is 0 Å². The number of amides is 2. The summed E-state index contributed by atoms with van der Waals surface area (Å²) in [5, 5.41) is 6.53. The molecule has 0 saturated heterocycles.